The minimum Gasteiger partial charge on any atom is -0.384 e. The molecular weight excluding hydrogens is 346 g/mol. The van der Waals surface area contributed by atoms with Crippen LogP contribution in [0, 0.1) is 0 Å². The van der Waals surface area contributed by atoms with Crippen LogP contribution in [0.3, 0.4) is 0 Å². The van der Waals surface area contributed by atoms with Gasteiger partial charge in [-0.05, 0) is 30.2 Å². The van der Waals surface area contributed by atoms with Gasteiger partial charge in [0.25, 0.3) is 0 Å². The Kier molecular flexibility index (Phi) is 5.20. The van der Waals surface area contributed by atoms with Crippen molar-refractivity contribution in [2.75, 3.05) is 16.9 Å². The highest BCUT2D eigenvalue weighted by Crippen LogP contribution is 2.45. The van der Waals surface area contributed by atoms with Crippen LogP contribution in [0.2, 0.25) is 0 Å². The average Bonchev–Trinajstić information content (AvgIpc) is 3.15. The molecule has 1 aliphatic heterocycles. The summed E-state index contributed by atoms with van der Waals surface area (Å²) in [6.45, 7) is 2.88. The fourth-order valence-corrected chi connectivity index (χ4v) is 3.86. The number of benzene rings is 3. The van der Waals surface area contributed by atoms with Gasteiger partial charge in [0.1, 0.15) is 5.71 Å². The highest BCUT2D eigenvalue weighted by Gasteiger charge is 2.40. The molecule has 0 aromatic heterocycles. The summed E-state index contributed by atoms with van der Waals surface area (Å²) in [7, 11) is 0. The van der Waals surface area contributed by atoms with Crippen LogP contribution >= 0.6 is 0 Å². The highest BCUT2D eigenvalue weighted by atomic mass is 16.1. The molecule has 1 N–H and O–H groups in total. The first kappa shape index (κ1) is 18.0. The Bertz CT molecular complexity index is 969. The zero-order valence-electron chi connectivity index (χ0n) is 15.8. The molecular formula is C24H23N3O. The molecule has 0 amide bonds. The first-order valence-corrected chi connectivity index (χ1v) is 9.59. The number of carbonyl (C=O) groups is 1. The minimum atomic E-state index is -0.129. The Labute approximate surface area is 165 Å². The van der Waals surface area contributed by atoms with Crippen LogP contribution in [0.25, 0.3) is 0 Å². The number of nitrogens with one attached hydrogen (secondary N) is 1. The Morgan fingerprint density at radius 2 is 1.50 bits per heavy atom. The summed E-state index contributed by atoms with van der Waals surface area (Å²) in [6, 6.07) is 28.4. The summed E-state index contributed by atoms with van der Waals surface area (Å²) in [4.78, 5) is 12.0. The van der Waals surface area contributed by atoms with Crippen LogP contribution in [0.4, 0.5) is 11.4 Å². The van der Waals surface area contributed by atoms with Crippen LogP contribution in [-0.2, 0) is 4.79 Å². The monoisotopic (exact) mass is 369 g/mol. The third-order valence-corrected chi connectivity index (χ3v) is 5.06. The van der Waals surface area contributed by atoms with Gasteiger partial charge in [0, 0.05) is 6.54 Å². The van der Waals surface area contributed by atoms with Crippen LogP contribution in [0.15, 0.2) is 90.0 Å². The van der Waals surface area contributed by atoms with Crippen LogP contribution < -0.4 is 10.3 Å². The van der Waals surface area contributed by atoms with Crippen LogP contribution in [-0.4, -0.2) is 18.5 Å². The molecule has 0 bridgehead atoms. The van der Waals surface area contributed by atoms with Crippen molar-refractivity contribution in [1.29, 1.82) is 0 Å². The van der Waals surface area contributed by atoms with Gasteiger partial charge in [0.15, 0.2) is 6.29 Å². The lowest BCUT2D eigenvalue weighted by molar-refractivity contribution is -0.102. The maximum Gasteiger partial charge on any atom is 0.166 e. The Morgan fingerprint density at radius 1 is 0.893 bits per heavy atom. The lowest BCUT2D eigenvalue weighted by Crippen LogP contribution is -2.25. The molecule has 28 heavy (non-hydrogen) atoms. The maximum absolute atomic E-state index is 12.0. The van der Waals surface area contributed by atoms with E-state index in [1.54, 1.807) is 0 Å². The molecule has 4 heteroatoms. The van der Waals surface area contributed by atoms with Gasteiger partial charge in [-0.3, -0.25) is 9.80 Å². The third-order valence-electron chi connectivity index (χ3n) is 5.06. The van der Waals surface area contributed by atoms with Crippen molar-refractivity contribution < 1.29 is 4.79 Å². The number of carbonyl (C=O) groups excluding carboxylic acids is 1. The molecule has 0 radical (unpaired) electrons. The number of hydrogen-bond donors (Lipinski definition) is 1. The van der Waals surface area contributed by atoms with Crippen molar-refractivity contribution in [3.63, 3.8) is 0 Å². The zero-order chi connectivity index (χ0) is 19.3. The largest absolute Gasteiger partial charge is 0.384 e. The molecule has 0 aliphatic carbocycles. The number of anilines is 2. The molecule has 4 rings (SSSR count). The maximum atomic E-state index is 12.0. The average molecular weight is 369 g/mol. The Morgan fingerprint density at radius 3 is 2.14 bits per heavy atom. The summed E-state index contributed by atoms with van der Waals surface area (Å²) in [5, 5.41) is 10.2. The van der Waals surface area contributed by atoms with E-state index in [0.717, 1.165) is 35.3 Å². The normalized spacial score (nSPS) is 18.6. The van der Waals surface area contributed by atoms with Gasteiger partial charge >= 0.3 is 0 Å². The number of hydrazone groups is 1. The van der Waals surface area contributed by atoms with E-state index >= 15 is 0 Å². The quantitative estimate of drug-likeness (QED) is 0.621. The Balaban J connectivity index is 1.88. The smallest absolute Gasteiger partial charge is 0.166 e. The van der Waals surface area contributed by atoms with E-state index in [-0.39, 0.29) is 12.0 Å². The molecule has 3 aromatic rings. The summed E-state index contributed by atoms with van der Waals surface area (Å²) in [5.74, 6) is -0.129. The van der Waals surface area contributed by atoms with Crippen molar-refractivity contribution in [3.8, 4) is 0 Å². The van der Waals surface area contributed by atoms with Crippen molar-refractivity contribution in [1.82, 2.24) is 0 Å². The second-order valence-corrected chi connectivity index (χ2v) is 6.78. The first-order valence-electron chi connectivity index (χ1n) is 9.59. The van der Waals surface area contributed by atoms with E-state index in [2.05, 4.69) is 36.5 Å². The third kappa shape index (κ3) is 3.29. The molecule has 2 unspecified atom stereocenters. The standard InChI is InChI=1S/C24H23N3O/c1-2-25-20-15-9-10-16-22(20)27-24(19-13-7-4-8-14-19)23(21(17-28)26-27)18-11-5-3-6-12-18/h3-17,23-25H,2H2,1H3. The molecule has 0 saturated carbocycles. The van der Waals surface area contributed by atoms with Gasteiger partial charge in [0.05, 0.1) is 23.3 Å². The summed E-state index contributed by atoms with van der Waals surface area (Å²) in [6.07, 6.45) is 0.892. The fourth-order valence-electron chi connectivity index (χ4n) is 3.86. The molecule has 2 atom stereocenters. The fraction of sp³-hybridized carbons (Fsp3) is 0.167. The molecule has 0 spiro atoms. The predicted molar refractivity (Wildman–Crippen MR) is 115 cm³/mol. The van der Waals surface area contributed by atoms with Gasteiger partial charge in [-0.15, -0.1) is 0 Å². The first-order chi connectivity index (χ1) is 13.8. The van der Waals surface area contributed by atoms with Crippen LogP contribution in [0.5, 0.6) is 0 Å². The number of nitrogens with zero attached hydrogens (tertiary/aromatic N) is 2. The van der Waals surface area contributed by atoms with E-state index < -0.39 is 0 Å². The molecule has 140 valence electrons. The topological polar surface area (TPSA) is 44.7 Å². The van der Waals surface area contributed by atoms with Crippen molar-refractivity contribution in [2.24, 2.45) is 5.10 Å². The summed E-state index contributed by atoms with van der Waals surface area (Å²) < 4.78 is 0. The lowest BCUT2D eigenvalue weighted by Gasteiger charge is -2.30. The minimum absolute atomic E-state index is 0.0939. The molecule has 0 saturated heterocycles. The SMILES string of the molecule is CCNc1ccccc1N1N=C(C=O)C(c2ccccc2)C1c1ccccc1. The van der Waals surface area contributed by atoms with E-state index in [0.29, 0.717) is 5.71 Å². The highest BCUT2D eigenvalue weighted by molar-refractivity contribution is 6.32. The lowest BCUT2D eigenvalue weighted by atomic mass is 9.84. The Hall–Kier alpha value is -3.40. The molecule has 3 aromatic carbocycles. The van der Waals surface area contributed by atoms with Crippen molar-refractivity contribution in [3.05, 3.63) is 96.1 Å². The number of hydrogen-bond acceptors (Lipinski definition) is 4. The number of rotatable bonds is 6. The van der Waals surface area contributed by atoms with E-state index in [1.807, 2.05) is 65.7 Å². The summed E-state index contributed by atoms with van der Waals surface area (Å²) in [5.41, 5.74) is 4.74. The summed E-state index contributed by atoms with van der Waals surface area (Å²) >= 11 is 0. The molecule has 1 heterocycles. The van der Waals surface area contributed by atoms with Gasteiger partial charge in [-0.2, -0.15) is 5.10 Å². The number of para-hydroxylation sites is 2. The molecule has 4 nitrogen and oxygen atoms in total. The van der Waals surface area contributed by atoms with E-state index in [1.165, 1.54) is 0 Å². The van der Waals surface area contributed by atoms with E-state index in [4.69, 9.17) is 5.10 Å². The zero-order valence-corrected chi connectivity index (χ0v) is 15.8. The van der Waals surface area contributed by atoms with Gasteiger partial charge in [-0.1, -0.05) is 72.8 Å². The van der Waals surface area contributed by atoms with Gasteiger partial charge < -0.3 is 5.32 Å². The molecule has 0 fully saturated rings. The predicted octanol–water partition coefficient (Wildman–Crippen LogP) is 5.02. The molecule has 1 aliphatic rings. The second-order valence-electron chi connectivity index (χ2n) is 6.78. The second kappa shape index (κ2) is 8.09. The van der Waals surface area contributed by atoms with Crippen LogP contribution in [0.1, 0.15) is 30.0 Å². The van der Waals surface area contributed by atoms with Gasteiger partial charge in [0.2, 0.25) is 0 Å². The van der Waals surface area contributed by atoms with Crippen molar-refractivity contribution in [2.45, 2.75) is 18.9 Å². The van der Waals surface area contributed by atoms with Crippen molar-refractivity contribution >= 4 is 23.4 Å². The number of aldehydes is 1. The van der Waals surface area contributed by atoms with E-state index in [9.17, 15) is 4.79 Å². The van der Waals surface area contributed by atoms with Gasteiger partial charge in [-0.25, -0.2) is 0 Å².